The highest BCUT2D eigenvalue weighted by molar-refractivity contribution is 5.45. The zero-order valence-corrected chi connectivity index (χ0v) is 11.4. The van der Waals surface area contributed by atoms with Crippen LogP contribution >= 0.6 is 0 Å². The lowest BCUT2D eigenvalue weighted by molar-refractivity contribution is 0.297. The minimum Gasteiger partial charge on any atom is -0.490 e. The molecule has 1 aliphatic rings. The van der Waals surface area contributed by atoms with E-state index < -0.39 is 0 Å². The van der Waals surface area contributed by atoms with Crippen LogP contribution < -0.4 is 20.7 Å². The van der Waals surface area contributed by atoms with E-state index in [4.69, 9.17) is 15.3 Å². The summed E-state index contributed by atoms with van der Waals surface area (Å²) < 4.78 is 13.2. The van der Waals surface area contributed by atoms with Gasteiger partial charge in [0.15, 0.2) is 11.5 Å². The van der Waals surface area contributed by atoms with E-state index in [9.17, 15) is 0 Å². The fourth-order valence-electron chi connectivity index (χ4n) is 2.38. The van der Waals surface area contributed by atoms with Crippen LogP contribution in [0.2, 0.25) is 0 Å². The van der Waals surface area contributed by atoms with Gasteiger partial charge in [0.1, 0.15) is 0 Å². The summed E-state index contributed by atoms with van der Waals surface area (Å²) in [4.78, 5) is 0. The number of rotatable bonds is 3. The molecule has 0 fully saturated rings. The highest BCUT2D eigenvalue weighted by Crippen LogP contribution is 2.33. The lowest BCUT2D eigenvalue weighted by Crippen LogP contribution is -2.30. The standard InChI is InChI=1S/C14H18N4O2/c1-18-11(5-6-16-18)14(17-15)10-3-4-12-13(9-10)20-8-2-7-19-12/h3-6,9,14,17H,2,7-8,15H2,1H3. The van der Waals surface area contributed by atoms with Crippen LogP contribution in [0, 0.1) is 0 Å². The van der Waals surface area contributed by atoms with Crippen molar-refractivity contribution in [1.82, 2.24) is 15.2 Å². The Balaban J connectivity index is 1.96. The molecule has 0 spiro atoms. The number of hydrazine groups is 1. The molecule has 2 heterocycles. The number of ether oxygens (including phenoxy) is 2. The molecule has 106 valence electrons. The monoisotopic (exact) mass is 274 g/mol. The summed E-state index contributed by atoms with van der Waals surface area (Å²) >= 11 is 0. The number of fused-ring (bicyclic) bond motifs is 1. The smallest absolute Gasteiger partial charge is 0.161 e. The zero-order valence-electron chi connectivity index (χ0n) is 11.4. The van der Waals surface area contributed by atoms with Crippen molar-refractivity contribution in [3.05, 3.63) is 41.7 Å². The third-order valence-electron chi connectivity index (χ3n) is 3.43. The van der Waals surface area contributed by atoms with Crippen LogP contribution in [0.3, 0.4) is 0 Å². The van der Waals surface area contributed by atoms with E-state index in [2.05, 4.69) is 10.5 Å². The van der Waals surface area contributed by atoms with Gasteiger partial charge in [-0.25, -0.2) is 5.43 Å². The predicted octanol–water partition coefficient (Wildman–Crippen LogP) is 1.13. The molecule has 0 saturated heterocycles. The van der Waals surface area contributed by atoms with Gasteiger partial charge in [0.05, 0.1) is 24.9 Å². The average Bonchev–Trinajstić information content (AvgIpc) is 2.75. The van der Waals surface area contributed by atoms with E-state index >= 15 is 0 Å². The summed E-state index contributed by atoms with van der Waals surface area (Å²) in [6.45, 7) is 1.36. The molecule has 3 N–H and O–H groups in total. The molecule has 3 rings (SSSR count). The highest BCUT2D eigenvalue weighted by Gasteiger charge is 2.19. The molecule has 0 radical (unpaired) electrons. The number of nitrogens with two attached hydrogens (primary N) is 1. The fraction of sp³-hybridized carbons (Fsp3) is 0.357. The number of benzene rings is 1. The molecule has 0 bridgehead atoms. The molecular formula is C14H18N4O2. The van der Waals surface area contributed by atoms with Crippen molar-refractivity contribution in [2.24, 2.45) is 12.9 Å². The SMILES string of the molecule is Cn1nccc1C(NN)c1ccc2c(c1)OCCCO2. The van der Waals surface area contributed by atoms with Gasteiger partial charge in [-0.1, -0.05) is 6.07 Å². The van der Waals surface area contributed by atoms with Gasteiger partial charge in [0.2, 0.25) is 0 Å². The van der Waals surface area contributed by atoms with Gasteiger partial charge >= 0.3 is 0 Å². The Morgan fingerprint density at radius 2 is 2.05 bits per heavy atom. The second kappa shape index (κ2) is 5.52. The van der Waals surface area contributed by atoms with Crippen LogP contribution in [0.4, 0.5) is 0 Å². The Labute approximate surface area is 117 Å². The molecule has 0 aliphatic carbocycles. The molecular weight excluding hydrogens is 256 g/mol. The minimum absolute atomic E-state index is 0.139. The number of aromatic nitrogens is 2. The second-order valence-corrected chi connectivity index (χ2v) is 4.74. The Hall–Kier alpha value is -2.05. The summed E-state index contributed by atoms with van der Waals surface area (Å²) in [6, 6.07) is 7.69. The predicted molar refractivity (Wildman–Crippen MR) is 74.4 cm³/mol. The van der Waals surface area contributed by atoms with E-state index in [1.165, 1.54) is 0 Å². The van der Waals surface area contributed by atoms with E-state index in [1.807, 2.05) is 31.3 Å². The first-order valence-corrected chi connectivity index (χ1v) is 6.63. The van der Waals surface area contributed by atoms with Crippen molar-refractivity contribution in [2.75, 3.05) is 13.2 Å². The topological polar surface area (TPSA) is 74.3 Å². The van der Waals surface area contributed by atoms with Crippen molar-refractivity contribution in [2.45, 2.75) is 12.5 Å². The second-order valence-electron chi connectivity index (χ2n) is 4.74. The molecule has 6 heteroatoms. The summed E-state index contributed by atoms with van der Waals surface area (Å²) in [5, 5.41) is 4.18. The normalized spacial score (nSPS) is 15.7. The van der Waals surface area contributed by atoms with Gasteiger partial charge in [-0.15, -0.1) is 0 Å². The van der Waals surface area contributed by atoms with Crippen LogP contribution in [-0.4, -0.2) is 23.0 Å². The summed E-state index contributed by atoms with van der Waals surface area (Å²) in [5.74, 6) is 7.26. The van der Waals surface area contributed by atoms with Crippen molar-refractivity contribution in [3.8, 4) is 11.5 Å². The first-order chi connectivity index (χ1) is 9.79. The molecule has 1 unspecified atom stereocenters. The number of hydrogen-bond acceptors (Lipinski definition) is 5. The first kappa shape index (κ1) is 13.0. The Kier molecular flexibility index (Phi) is 3.58. The molecule has 1 aromatic heterocycles. The van der Waals surface area contributed by atoms with Crippen molar-refractivity contribution >= 4 is 0 Å². The maximum absolute atomic E-state index is 5.72. The van der Waals surface area contributed by atoms with Crippen LogP contribution in [0.25, 0.3) is 0 Å². The number of hydrogen-bond donors (Lipinski definition) is 2. The lowest BCUT2D eigenvalue weighted by atomic mass is 10.0. The van der Waals surface area contributed by atoms with Gasteiger partial charge < -0.3 is 9.47 Å². The summed E-state index contributed by atoms with van der Waals surface area (Å²) in [5.41, 5.74) is 4.83. The molecule has 0 amide bonds. The van der Waals surface area contributed by atoms with Gasteiger partial charge in [0.25, 0.3) is 0 Å². The van der Waals surface area contributed by atoms with Crippen molar-refractivity contribution < 1.29 is 9.47 Å². The van der Waals surface area contributed by atoms with Crippen molar-refractivity contribution in [3.63, 3.8) is 0 Å². The molecule has 0 saturated carbocycles. The Morgan fingerprint density at radius 1 is 1.25 bits per heavy atom. The number of nitrogens with one attached hydrogen (secondary N) is 1. The average molecular weight is 274 g/mol. The van der Waals surface area contributed by atoms with Crippen LogP contribution in [0.1, 0.15) is 23.7 Å². The number of aryl methyl sites for hydroxylation is 1. The molecule has 1 atom stereocenters. The molecule has 1 aromatic carbocycles. The van der Waals surface area contributed by atoms with Crippen molar-refractivity contribution in [1.29, 1.82) is 0 Å². The van der Waals surface area contributed by atoms with Gasteiger partial charge in [-0.3, -0.25) is 10.5 Å². The van der Waals surface area contributed by atoms with E-state index in [-0.39, 0.29) is 6.04 Å². The fourth-order valence-corrected chi connectivity index (χ4v) is 2.38. The highest BCUT2D eigenvalue weighted by atomic mass is 16.5. The molecule has 6 nitrogen and oxygen atoms in total. The maximum atomic E-state index is 5.72. The van der Waals surface area contributed by atoms with E-state index in [0.29, 0.717) is 13.2 Å². The van der Waals surface area contributed by atoms with Crippen LogP contribution in [-0.2, 0) is 7.05 Å². The van der Waals surface area contributed by atoms with E-state index in [0.717, 1.165) is 29.2 Å². The van der Waals surface area contributed by atoms with Crippen LogP contribution in [0.5, 0.6) is 11.5 Å². The summed E-state index contributed by atoms with van der Waals surface area (Å²) in [6.07, 6.45) is 2.65. The van der Waals surface area contributed by atoms with E-state index in [1.54, 1.807) is 10.9 Å². The largest absolute Gasteiger partial charge is 0.490 e. The molecule has 1 aliphatic heterocycles. The van der Waals surface area contributed by atoms with Gasteiger partial charge in [-0.05, 0) is 23.8 Å². The quantitative estimate of drug-likeness (QED) is 0.648. The van der Waals surface area contributed by atoms with Crippen LogP contribution in [0.15, 0.2) is 30.5 Å². The minimum atomic E-state index is -0.139. The first-order valence-electron chi connectivity index (χ1n) is 6.63. The third-order valence-corrected chi connectivity index (χ3v) is 3.43. The lowest BCUT2D eigenvalue weighted by Gasteiger charge is -2.18. The summed E-state index contributed by atoms with van der Waals surface area (Å²) in [7, 11) is 1.89. The zero-order chi connectivity index (χ0) is 13.9. The molecule has 20 heavy (non-hydrogen) atoms. The Bertz CT molecular complexity index is 597. The number of nitrogens with zero attached hydrogens (tertiary/aromatic N) is 2. The van der Waals surface area contributed by atoms with Gasteiger partial charge in [0, 0.05) is 19.7 Å². The third kappa shape index (κ3) is 2.35. The Morgan fingerprint density at radius 3 is 2.75 bits per heavy atom. The maximum Gasteiger partial charge on any atom is 0.161 e. The molecule has 2 aromatic rings. The van der Waals surface area contributed by atoms with Gasteiger partial charge in [-0.2, -0.15) is 5.10 Å².